The van der Waals surface area contributed by atoms with Crippen LogP contribution in [0, 0.1) is 11.7 Å². The van der Waals surface area contributed by atoms with E-state index >= 15 is 4.39 Å². The van der Waals surface area contributed by atoms with Crippen molar-refractivity contribution in [3.05, 3.63) is 66.0 Å². The maximum absolute atomic E-state index is 15.4. The molecule has 0 unspecified atom stereocenters. The van der Waals surface area contributed by atoms with Crippen LogP contribution >= 0.6 is 0 Å². The number of rotatable bonds is 7. The van der Waals surface area contributed by atoms with Gasteiger partial charge in [-0.25, -0.2) is 4.39 Å². The van der Waals surface area contributed by atoms with Gasteiger partial charge in [-0.1, -0.05) is 36.4 Å². The highest BCUT2D eigenvalue weighted by atomic mass is 19.3. The van der Waals surface area contributed by atoms with E-state index in [0.29, 0.717) is 22.3 Å². The number of fused-ring (bicyclic) bond motifs is 1. The van der Waals surface area contributed by atoms with E-state index in [0.717, 1.165) is 44.1 Å². The van der Waals surface area contributed by atoms with Crippen molar-refractivity contribution in [3.8, 4) is 5.75 Å². The first kappa shape index (κ1) is 20.5. The fraction of sp³-hybridized carbons (Fsp3) is 0.417. The minimum absolute atomic E-state index is 0.0182. The van der Waals surface area contributed by atoms with Crippen molar-refractivity contribution < 1.29 is 17.9 Å². The summed E-state index contributed by atoms with van der Waals surface area (Å²) in [6.45, 7) is 2.73. The summed E-state index contributed by atoms with van der Waals surface area (Å²) >= 11 is 0. The van der Waals surface area contributed by atoms with Crippen LogP contribution in [0.2, 0.25) is 0 Å². The highest BCUT2D eigenvalue weighted by molar-refractivity contribution is 5.86. The molecule has 0 saturated heterocycles. The van der Waals surface area contributed by atoms with Gasteiger partial charge in [0.15, 0.2) is 0 Å². The van der Waals surface area contributed by atoms with Crippen molar-refractivity contribution in [2.24, 2.45) is 5.92 Å². The number of alkyl halides is 2. The third-order valence-electron chi connectivity index (χ3n) is 5.64. The molecule has 0 radical (unpaired) electrons. The van der Waals surface area contributed by atoms with E-state index in [1.165, 1.54) is 0 Å². The highest BCUT2D eigenvalue weighted by Crippen LogP contribution is 2.44. The predicted molar refractivity (Wildman–Crippen MR) is 109 cm³/mol. The molecule has 0 spiro atoms. The SMILES string of the molecule is C=CCCc1ccc2c(F)c(C3CCC(/C=C/C)CC3)c(OC(F)F)cc2c1. The largest absolute Gasteiger partial charge is 0.434 e. The van der Waals surface area contributed by atoms with Crippen molar-refractivity contribution >= 4 is 10.8 Å². The van der Waals surface area contributed by atoms with Crippen molar-refractivity contribution in [1.82, 2.24) is 0 Å². The van der Waals surface area contributed by atoms with Gasteiger partial charge in [0.1, 0.15) is 11.6 Å². The number of hydrogen-bond acceptors (Lipinski definition) is 1. The molecule has 0 aromatic heterocycles. The summed E-state index contributed by atoms with van der Waals surface area (Å²) in [5.41, 5.74) is 1.33. The molecule has 2 aromatic rings. The van der Waals surface area contributed by atoms with Crippen LogP contribution in [0.1, 0.15) is 56.1 Å². The lowest BCUT2D eigenvalue weighted by Crippen LogP contribution is -2.15. The smallest absolute Gasteiger partial charge is 0.387 e. The second kappa shape index (κ2) is 9.31. The average Bonchev–Trinajstić information content (AvgIpc) is 2.67. The minimum atomic E-state index is -2.97. The Balaban J connectivity index is 2.00. The molecular weight excluding hydrogens is 361 g/mol. The van der Waals surface area contributed by atoms with E-state index in [2.05, 4.69) is 12.7 Å². The van der Waals surface area contributed by atoms with Crippen LogP contribution in [0.5, 0.6) is 5.75 Å². The second-order valence-electron chi connectivity index (χ2n) is 7.50. The maximum atomic E-state index is 15.4. The van der Waals surface area contributed by atoms with Crippen molar-refractivity contribution in [3.63, 3.8) is 0 Å². The third kappa shape index (κ3) is 4.60. The standard InChI is InChI=1S/C24H27F3O/c1-3-5-7-17-10-13-20-19(14-17)15-21(28-24(26)27)22(23(20)25)18-11-8-16(6-4-2)9-12-18/h3-4,6,10,13-16,18,24H,1,5,7-9,11-12H2,2H3/b6-4+. The summed E-state index contributed by atoms with van der Waals surface area (Å²) < 4.78 is 46.3. The molecule has 0 N–H and O–H groups in total. The zero-order valence-corrected chi connectivity index (χ0v) is 16.3. The fourth-order valence-corrected chi connectivity index (χ4v) is 4.27. The Morgan fingerprint density at radius 1 is 1.18 bits per heavy atom. The molecular formula is C24H27F3O. The molecule has 0 atom stereocenters. The zero-order valence-electron chi connectivity index (χ0n) is 16.3. The lowest BCUT2D eigenvalue weighted by atomic mass is 9.77. The van der Waals surface area contributed by atoms with Crippen LogP contribution in [0.4, 0.5) is 13.2 Å². The summed E-state index contributed by atoms with van der Waals surface area (Å²) in [7, 11) is 0. The van der Waals surface area contributed by atoms with E-state index < -0.39 is 12.4 Å². The van der Waals surface area contributed by atoms with Crippen LogP contribution in [-0.2, 0) is 6.42 Å². The quantitative estimate of drug-likeness (QED) is 0.445. The average molecular weight is 388 g/mol. The normalized spacial score (nSPS) is 20.2. The predicted octanol–water partition coefficient (Wildman–Crippen LogP) is 7.55. The van der Waals surface area contributed by atoms with Gasteiger partial charge in [0.05, 0.1) is 0 Å². The Morgan fingerprint density at radius 3 is 2.57 bits per heavy atom. The summed E-state index contributed by atoms with van der Waals surface area (Å²) in [6.07, 6.45) is 11.0. The van der Waals surface area contributed by atoms with E-state index in [-0.39, 0.29) is 11.7 Å². The molecule has 3 rings (SSSR count). The first-order valence-electron chi connectivity index (χ1n) is 9.97. The monoisotopic (exact) mass is 388 g/mol. The molecule has 1 fully saturated rings. The Morgan fingerprint density at radius 2 is 1.93 bits per heavy atom. The fourth-order valence-electron chi connectivity index (χ4n) is 4.27. The first-order chi connectivity index (χ1) is 13.5. The molecule has 4 heteroatoms. The highest BCUT2D eigenvalue weighted by Gasteiger charge is 2.28. The summed E-state index contributed by atoms with van der Waals surface area (Å²) in [4.78, 5) is 0. The van der Waals surface area contributed by atoms with Gasteiger partial charge in [-0.15, -0.1) is 6.58 Å². The summed E-state index contributed by atoms with van der Waals surface area (Å²) in [5, 5.41) is 1.07. The van der Waals surface area contributed by atoms with Gasteiger partial charge in [0.2, 0.25) is 0 Å². The molecule has 1 nitrogen and oxygen atoms in total. The van der Waals surface area contributed by atoms with Gasteiger partial charge in [-0.3, -0.25) is 0 Å². The molecule has 0 amide bonds. The van der Waals surface area contributed by atoms with Crippen LogP contribution < -0.4 is 4.74 Å². The Bertz CT molecular complexity index is 849. The van der Waals surface area contributed by atoms with Gasteiger partial charge in [0.25, 0.3) is 0 Å². The van der Waals surface area contributed by atoms with Crippen LogP contribution in [0.15, 0.2) is 49.1 Å². The van der Waals surface area contributed by atoms with Crippen molar-refractivity contribution in [2.45, 2.75) is 58.0 Å². The van der Waals surface area contributed by atoms with Crippen molar-refractivity contribution in [2.75, 3.05) is 0 Å². The van der Waals surface area contributed by atoms with Crippen LogP contribution in [-0.4, -0.2) is 6.61 Å². The van der Waals surface area contributed by atoms with E-state index in [1.807, 2.05) is 31.2 Å². The maximum Gasteiger partial charge on any atom is 0.387 e. The first-order valence-corrected chi connectivity index (χ1v) is 9.97. The summed E-state index contributed by atoms with van der Waals surface area (Å²) in [6, 6.07) is 7.09. The van der Waals surface area contributed by atoms with Gasteiger partial charge < -0.3 is 4.74 Å². The van der Waals surface area contributed by atoms with E-state index in [9.17, 15) is 8.78 Å². The molecule has 2 aromatic carbocycles. The lowest BCUT2D eigenvalue weighted by Gasteiger charge is -2.29. The van der Waals surface area contributed by atoms with Gasteiger partial charge in [0, 0.05) is 10.9 Å². The number of aryl methyl sites for hydroxylation is 1. The molecule has 0 heterocycles. The molecule has 0 bridgehead atoms. The van der Waals surface area contributed by atoms with Gasteiger partial charge in [-0.2, -0.15) is 8.78 Å². The minimum Gasteiger partial charge on any atom is -0.434 e. The molecule has 0 aliphatic heterocycles. The topological polar surface area (TPSA) is 9.23 Å². The molecule has 1 aliphatic carbocycles. The molecule has 28 heavy (non-hydrogen) atoms. The lowest BCUT2D eigenvalue weighted by molar-refractivity contribution is -0.0508. The van der Waals surface area contributed by atoms with E-state index in [4.69, 9.17) is 4.74 Å². The number of benzene rings is 2. The molecule has 1 saturated carbocycles. The number of hydrogen-bond donors (Lipinski definition) is 0. The molecule has 1 aliphatic rings. The number of allylic oxidation sites excluding steroid dienone is 3. The Hall–Kier alpha value is -2.23. The zero-order chi connectivity index (χ0) is 20.1. The number of ether oxygens (including phenoxy) is 1. The molecule has 150 valence electrons. The van der Waals surface area contributed by atoms with Crippen LogP contribution in [0.3, 0.4) is 0 Å². The van der Waals surface area contributed by atoms with Crippen LogP contribution in [0.25, 0.3) is 10.8 Å². The summed E-state index contributed by atoms with van der Waals surface area (Å²) in [5.74, 6) is -0.0509. The third-order valence-corrected chi connectivity index (χ3v) is 5.64. The Labute approximate surface area is 164 Å². The van der Waals surface area contributed by atoms with Gasteiger partial charge >= 0.3 is 6.61 Å². The van der Waals surface area contributed by atoms with Crippen molar-refractivity contribution in [1.29, 1.82) is 0 Å². The Kier molecular flexibility index (Phi) is 6.82. The van der Waals surface area contributed by atoms with Gasteiger partial charge in [-0.05, 0) is 74.3 Å². The van der Waals surface area contributed by atoms with E-state index in [1.54, 1.807) is 12.1 Å². The number of halogens is 3. The second-order valence-corrected chi connectivity index (χ2v) is 7.50.